The van der Waals surface area contributed by atoms with Crippen LogP contribution in [0.1, 0.15) is 21.5 Å². The van der Waals surface area contributed by atoms with Crippen molar-refractivity contribution in [3.63, 3.8) is 0 Å². The van der Waals surface area contributed by atoms with Gasteiger partial charge >= 0.3 is 5.97 Å². The van der Waals surface area contributed by atoms with Crippen LogP contribution in [0.2, 0.25) is 0 Å². The van der Waals surface area contributed by atoms with E-state index in [2.05, 4.69) is 15.4 Å². The van der Waals surface area contributed by atoms with E-state index in [1.54, 1.807) is 36.4 Å². The Bertz CT molecular complexity index is 747. The number of ether oxygens (including phenoxy) is 1. The van der Waals surface area contributed by atoms with E-state index in [4.69, 9.17) is 0 Å². The molecule has 0 heterocycles. The van der Waals surface area contributed by atoms with Crippen molar-refractivity contribution in [3.05, 3.63) is 65.0 Å². The van der Waals surface area contributed by atoms with Crippen molar-refractivity contribution in [3.8, 4) is 0 Å². The molecule has 6 heteroatoms. The summed E-state index contributed by atoms with van der Waals surface area (Å²) >= 11 is 0. The van der Waals surface area contributed by atoms with Crippen LogP contribution in [-0.4, -0.2) is 25.5 Å². The van der Waals surface area contributed by atoms with E-state index in [0.29, 0.717) is 16.8 Å². The maximum Gasteiger partial charge on any atom is 0.337 e. The van der Waals surface area contributed by atoms with Crippen molar-refractivity contribution in [2.45, 2.75) is 13.5 Å². The number of methoxy groups -OCH3 is 1. The molecular weight excluding hydrogens is 311 g/mol. The number of carbonyl (C=O) groups is 2. The Morgan fingerprint density at radius 2 is 1.92 bits per heavy atom. The molecule has 2 aromatic carbocycles. The first-order valence-electron chi connectivity index (χ1n) is 7.44. The Labute approximate surface area is 139 Å². The van der Waals surface area contributed by atoms with Crippen molar-refractivity contribution >= 4 is 17.6 Å². The summed E-state index contributed by atoms with van der Waals surface area (Å²) in [4.78, 5) is 23.4. The van der Waals surface area contributed by atoms with Crippen molar-refractivity contribution in [1.82, 2.24) is 5.32 Å². The minimum Gasteiger partial charge on any atom is -0.465 e. The van der Waals surface area contributed by atoms with Gasteiger partial charge in [0.25, 0.3) is 0 Å². The molecule has 1 amide bonds. The smallest absolute Gasteiger partial charge is 0.337 e. The molecule has 2 rings (SSSR count). The van der Waals surface area contributed by atoms with E-state index in [1.165, 1.54) is 13.2 Å². The molecule has 0 spiro atoms. The lowest BCUT2D eigenvalue weighted by Gasteiger charge is -2.11. The van der Waals surface area contributed by atoms with Gasteiger partial charge in [-0.3, -0.25) is 4.79 Å². The van der Waals surface area contributed by atoms with Gasteiger partial charge in [0.05, 0.1) is 19.2 Å². The third kappa shape index (κ3) is 4.55. The van der Waals surface area contributed by atoms with Crippen molar-refractivity contribution in [1.29, 1.82) is 0 Å². The number of anilines is 1. The first kappa shape index (κ1) is 17.5. The van der Waals surface area contributed by atoms with Gasteiger partial charge in [0, 0.05) is 17.8 Å². The number of aryl methyl sites for hydroxylation is 1. The maximum absolute atomic E-state index is 13.5. The SMILES string of the molecule is COC(=O)c1ccc(C)c(NCC(=O)NCc2ccccc2F)c1. The quantitative estimate of drug-likeness (QED) is 0.799. The van der Waals surface area contributed by atoms with Gasteiger partial charge in [-0.2, -0.15) is 0 Å². The van der Waals surface area contributed by atoms with E-state index in [-0.39, 0.29) is 24.8 Å². The summed E-state index contributed by atoms with van der Waals surface area (Å²) in [6.07, 6.45) is 0. The van der Waals surface area contributed by atoms with Gasteiger partial charge in [-0.1, -0.05) is 24.3 Å². The third-order valence-corrected chi connectivity index (χ3v) is 3.53. The Morgan fingerprint density at radius 3 is 2.62 bits per heavy atom. The lowest BCUT2D eigenvalue weighted by atomic mass is 10.1. The predicted octanol–water partition coefficient (Wildman–Crippen LogP) is 2.65. The molecule has 0 atom stereocenters. The molecular formula is C18H19FN2O3. The summed E-state index contributed by atoms with van der Waals surface area (Å²) in [5.74, 6) is -1.07. The first-order valence-corrected chi connectivity index (χ1v) is 7.44. The average molecular weight is 330 g/mol. The van der Waals surface area contributed by atoms with Crippen molar-refractivity contribution in [2.75, 3.05) is 19.0 Å². The minimum atomic E-state index is -0.443. The Kier molecular flexibility index (Phi) is 5.89. The highest BCUT2D eigenvalue weighted by atomic mass is 19.1. The van der Waals surface area contributed by atoms with E-state index in [0.717, 1.165) is 5.56 Å². The van der Waals surface area contributed by atoms with E-state index in [1.807, 2.05) is 6.92 Å². The molecule has 24 heavy (non-hydrogen) atoms. The molecule has 126 valence electrons. The van der Waals surface area contributed by atoms with Crippen LogP contribution >= 0.6 is 0 Å². The third-order valence-electron chi connectivity index (χ3n) is 3.53. The molecule has 0 saturated heterocycles. The van der Waals surface area contributed by atoms with Crippen molar-refractivity contribution in [2.24, 2.45) is 0 Å². The van der Waals surface area contributed by atoms with Crippen LogP contribution in [0.15, 0.2) is 42.5 Å². The maximum atomic E-state index is 13.5. The van der Waals surface area contributed by atoms with Gasteiger partial charge in [0.15, 0.2) is 0 Å². The van der Waals surface area contributed by atoms with Gasteiger partial charge < -0.3 is 15.4 Å². The van der Waals surface area contributed by atoms with Crippen LogP contribution in [0.5, 0.6) is 0 Å². The lowest BCUT2D eigenvalue weighted by Crippen LogP contribution is -2.29. The Balaban J connectivity index is 1.92. The van der Waals surface area contributed by atoms with Crippen LogP contribution in [-0.2, 0) is 16.1 Å². The highest BCUT2D eigenvalue weighted by Gasteiger charge is 2.09. The molecule has 0 fully saturated rings. The second-order valence-electron chi connectivity index (χ2n) is 5.24. The zero-order chi connectivity index (χ0) is 17.5. The second kappa shape index (κ2) is 8.10. The summed E-state index contributed by atoms with van der Waals surface area (Å²) in [6.45, 7) is 1.99. The van der Waals surface area contributed by atoms with Gasteiger partial charge in [0.2, 0.25) is 5.91 Å². The number of rotatable bonds is 6. The number of esters is 1. The first-order chi connectivity index (χ1) is 11.5. The minimum absolute atomic E-state index is 0.0138. The summed E-state index contributed by atoms with van der Waals surface area (Å²) in [5, 5.41) is 5.61. The topological polar surface area (TPSA) is 67.4 Å². The fraction of sp³-hybridized carbons (Fsp3) is 0.222. The Hall–Kier alpha value is -2.89. The van der Waals surface area contributed by atoms with Crippen LogP contribution < -0.4 is 10.6 Å². The average Bonchev–Trinajstić information content (AvgIpc) is 2.59. The van der Waals surface area contributed by atoms with Gasteiger partial charge in [0.1, 0.15) is 5.82 Å². The van der Waals surface area contributed by atoms with Crippen molar-refractivity contribution < 1.29 is 18.7 Å². The zero-order valence-electron chi connectivity index (χ0n) is 13.6. The molecule has 0 aliphatic heterocycles. The number of amides is 1. The lowest BCUT2D eigenvalue weighted by molar-refractivity contribution is -0.119. The fourth-order valence-electron chi connectivity index (χ4n) is 2.13. The van der Waals surface area contributed by atoms with E-state index < -0.39 is 5.97 Å². The molecule has 0 aromatic heterocycles. The van der Waals surface area contributed by atoms with Crippen LogP contribution in [0.25, 0.3) is 0 Å². The number of carbonyl (C=O) groups excluding carboxylic acids is 2. The zero-order valence-corrected chi connectivity index (χ0v) is 13.6. The normalized spacial score (nSPS) is 10.1. The number of nitrogens with one attached hydrogen (secondary N) is 2. The van der Waals surface area contributed by atoms with Gasteiger partial charge in [-0.15, -0.1) is 0 Å². The summed E-state index contributed by atoms with van der Waals surface area (Å²) in [7, 11) is 1.31. The molecule has 0 aliphatic rings. The number of benzene rings is 2. The van der Waals surface area contributed by atoms with Crippen LogP contribution in [0, 0.1) is 12.7 Å². The standard InChI is InChI=1S/C18H19FN2O3/c1-12-7-8-13(18(23)24-2)9-16(12)20-11-17(22)21-10-14-5-3-4-6-15(14)19/h3-9,20H,10-11H2,1-2H3,(H,21,22). The highest BCUT2D eigenvalue weighted by molar-refractivity contribution is 5.91. The molecule has 0 radical (unpaired) electrons. The van der Waals surface area contributed by atoms with Gasteiger partial charge in [-0.05, 0) is 30.7 Å². The van der Waals surface area contributed by atoms with E-state index in [9.17, 15) is 14.0 Å². The molecule has 0 unspecified atom stereocenters. The Morgan fingerprint density at radius 1 is 1.17 bits per heavy atom. The van der Waals surface area contributed by atoms with Gasteiger partial charge in [-0.25, -0.2) is 9.18 Å². The summed E-state index contributed by atoms with van der Waals surface area (Å²) < 4.78 is 18.2. The number of hydrogen-bond acceptors (Lipinski definition) is 4. The molecule has 2 N–H and O–H groups in total. The van der Waals surface area contributed by atoms with Crippen LogP contribution in [0.4, 0.5) is 10.1 Å². The molecule has 2 aromatic rings. The summed E-state index contributed by atoms with van der Waals surface area (Å²) in [5.41, 5.74) is 2.38. The molecule has 5 nitrogen and oxygen atoms in total. The fourth-order valence-corrected chi connectivity index (χ4v) is 2.13. The van der Waals surface area contributed by atoms with Crippen LogP contribution in [0.3, 0.4) is 0 Å². The molecule has 0 aliphatic carbocycles. The predicted molar refractivity (Wildman–Crippen MR) is 89.3 cm³/mol. The number of hydrogen-bond donors (Lipinski definition) is 2. The summed E-state index contributed by atoms with van der Waals surface area (Å²) in [6, 6.07) is 11.3. The number of halogens is 1. The largest absolute Gasteiger partial charge is 0.465 e. The monoisotopic (exact) mass is 330 g/mol. The van der Waals surface area contributed by atoms with E-state index >= 15 is 0 Å². The highest BCUT2D eigenvalue weighted by Crippen LogP contribution is 2.17. The molecule has 0 saturated carbocycles. The molecule has 0 bridgehead atoms. The second-order valence-corrected chi connectivity index (χ2v) is 5.24.